The SMILES string of the molecule is COC(=O)c1c(NC(=O)c2sc(-c3ccccn3)nc2C)sc2c1CCC2. The van der Waals surface area contributed by atoms with E-state index in [9.17, 15) is 9.59 Å². The minimum absolute atomic E-state index is 0.266. The number of esters is 1. The molecule has 0 aliphatic heterocycles. The molecule has 6 nitrogen and oxygen atoms in total. The molecular weight excluding hydrogens is 382 g/mol. The average molecular weight is 399 g/mol. The monoisotopic (exact) mass is 399 g/mol. The van der Waals surface area contributed by atoms with Crippen molar-refractivity contribution in [2.45, 2.75) is 26.2 Å². The molecule has 3 aromatic heterocycles. The number of thiazole rings is 1. The normalized spacial score (nSPS) is 12.7. The fraction of sp³-hybridized carbons (Fsp3) is 0.263. The lowest BCUT2D eigenvalue weighted by molar-refractivity contribution is 0.0601. The van der Waals surface area contributed by atoms with Crippen LogP contribution in [0, 0.1) is 6.92 Å². The van der Waals surface area contributed by atoms with Gasteiger partial charge >= 0.3 is 5.97 Å². The molecule has 1 amide bonds. The Balaban J connectivity index is 1.64. The number of hydrogen-bond donors (Lipinski definition) is 1. The number of nitrogens with zero attached hydrogens (tertiary/aromatic N) is 2. The van der Waals surface area contributed by atoms with E-state index in [1.807, 2.05) is 18.2 Å². The lowest BCUT2D eigenvalue weighted by atomic mass is 10.1. The van der Waals surface area contributed by atoms with Crippen molar-refractivity contribution in [2.24, 2.45) is 0 Å². The summed E-state index contributed by atoms with van der Waals surface area (Å²) in [5.41, 5.74) is 2.88. The van der Waals surface area contributed by atoms with Gasteiger partial charge in [-0.3, -0.25) is 9.78 Å². The first-order valence-electron chi connectivity index (χ1n) is 8.51. The van der Waals surface area contributed by atoms with E-state index in [-0.39, 0.29) is 5.91 Å². The van der Waals surface area contributed by atoms with E-state index in [1.165, 1.54) is 29.8 Å². The van der Waals surface area contributed by atoms with Crippen molar-refractivity contribution in [3.8, 4) is 10.7 Å². The van der Waals surface area contributed by atoms with Gasteiger partial charge in [0.05, 0.1) is 24.1 Å². The van der Waals surface area contributed by atoms with Crippen LogP contribution in [0.1, 0.15) is 42.6 Å². The molecule has 1 aliphatic rings. The first-order chi connectivity index (χ1) is 13.1. The number of pyridine rings is 1. The van der Waals surface area contributed by atoms with Crippen LogP contribution in [0.2, 0.25) is 0 Å². The number of fused-ring (bicyclic) bond motifs is 1. The second kappa shape index (κ2) is 7.21. The van der Waals surface area contributed by atoms with Crippen LogP contribution in [-0.4, -0.2) is 29.0 Å². The van der Waals surface area contributed by atoms with Crippen LogP contribution in [0.15, 0.2) is 24.4 Å². The van der Waals surface area contributed by atoms with Gasteiger partial charge in [-0.05, 0) is 43.9 Å². The van der Waals surface area contributed by atoms with Gasteiger partial charge in [0, 0.05) is 11.1 Å². The van der Waals surface area contributed by atoms with E-state index in [4.69, 9.17) is 4.74 Å². The van der Waals surface area contributed by atoms with E-state index in [0.29, 0.717) is 26.1 Å². The predicted molar refractivity (Wildman–Crippen MR) is 106 cm³/mol. The summed E-state index contributed by atoms with van der Waals surface area (Å²) in [6.45, 7) is 1.80. The van der Waals surface area contributed by atoms with Gasteiger partial charge in [0.25, 0.3) is 5.91 Å². The standard InChI is InChI=1S/C19H17N3O3S2/c1-10-15(27-17(21-10)12-7-3-4-9-20-12)16(23)22-18-14(19(24)25-2)11-6-5-8-13(11)26-18/h3-4,7,9H,5-6,8H2,1-2H3,(H,22,23). The van der Waals surface area contributed by atoms with Crippen LogP contribution in [0.4, 0.5) is 5.00 Å². The summed E-state index contributed by atoms with van der Waals surface area (Å²) in [5.74, 6) is -0.669. The highest BCUT2D eigenvalue weighted by Gasteiger charge is 2.29. The van der Waals surface area contributed by atoms with E-state index in [1.54, 1.807) is 13.1 Å². The number of anilines is 1. The zero-order valence-corrected chi connectivity index (χ0v) is 16.5. The maximum absolute atomic E-state index is 12.9. The third-order valence-electron chi connectivity index (χ3n) is 4.42. The number of aryl methyl sites for hydroxylation is 2. The van der Waals surface area contributed by atoms with Crippen LogP contribution < -0.4 is 5.32 Å². The number of amides is 1. The van der Waals surface area contributed by atoms with Crippen molar-refractivity contribution in [3.05, 3.63) is 51.0 Å². The van der Waals surface area contributed by atoms with E-state index in [0.717, 1.165) is 35.4 Å². The number of carbonyl (C=O) groups is 2. The van der Waals surface area contributed by atoms with Gasteiger partial charge in [0.15, 0.2) is 0 Å². The Morgan fingerprint density at radius 3 is 2.81 bits per heavy atom. The van der Waals surface area contributed by atoms with Crippen LogP contribution in [0.3, 0.4) is 0 Å². The molecule has 0 saturated carbocycles. The largest absolute Gasteiger partial charge is 0.465 e. The van der Waals surface area contributed by atoms with Crippen molar-refractivity contribution in [2.75, 3.05) is 12.4 Å². The molecule has 3 aromatic rings. The molecule has 0 saturated heterocycles. The maximum atomic E-state index is 12.9. The van der Waals surface area contributed by atoms with E-state index < -0.39 is 5.97 Å². The van der Waals surface area contributed by atoms with Gasteiger partial charge in [-0.2, -0.15) is 0 Å². The first-order valence-corrected chi connectivity index (χ1v) is 10.1. The fourth-order valence-corrected chi connectivity index (χ4v) is 5.39. The molecule has 4 rings (SSSR count). The van der Waals surface area contributed by atoms with Crippen LogP contribution in [0.25, 0.3) is 10.7 Å². The first kappa shape index (κ1) is 17.8. The van der Waals surface area contributed by atoms with Crippen LogP contribution >= 0.6 is 22.7 Å². The summed E-state index contributed by atoms with van der Waals surface area (Å²) in [6.07, 6.45) is 4.50. The molecular formula is C19H17N3O3S2. The summed E-state index contributed by atoms with van der Waals surface area (Å²) >= 11 is 2.76. The number of methoxy groups -OCH3 is 1. The molecule has 0 atom stereocenters. The third kappa shape index (κ3) is 3.26. The maximum Gasteiger partial charge on any atom is 0.341 e. The second-order valence-electron chi connectivity index (χ2n) is 6.16. The Hall–Kier alpha value is -2.58. The molecule has 0 bridgehead atoms. The van der Waals surface area contributed by atoms with Crippen molar-refractivity contribution >= 4 is 39.6 Å². The quantitative estimate of drug-likeness (QED) is 0.668. The lowest BCUT2D eigenvalue weighted by Crippen LogP contribution is -2.14. The zero-order valence-electron chi connectivity index (χ0n) is 14.9. The smallest absolute Gasteiger partial charge is 0.341 e. The van der Waals surface area contributed by atoms with Gasteiger partial charge in [-0.1, -0.05) is 6.07 Å². The third-order valence-corrected chi connectivity index (χ3v) is 6.81. The van der Waals surface area contributed by atoms with Gasteiger partial charge in [-0.25, -0.2) is 9.78 Å². The fourth-order valence-electron chi connectivity index (χ4n) is 3.18. The number of aromatic nitrogens is 2. The molecule has 0 unspecified atom stereocenters. The minimum atomic E-state index is -0.403. The molecule has 1 N–H and O–H groups in total. The second-order valence-corrected chi connectivity index (χ2v) is 8.26. The number of ether oxygens (including phenoxy) is 1. The van der Waals surface area contributed by atoms with Gasteiger partial charge < -0.3 is 10.1 Å². The van der Waals surface area contributed by atoms with Crippen molar-refractivity contribution in [1.82, 2.24) is 9.97 Å². The number of carbonyl (C=O) groups excluding carboxylic acids is 2. The Bertz CT molecular complexity index is 1020. The van der Waals surface area contributed by atoms with Crippen LogP contribution in [-0.2, 0) is 17.6 Å². The molecule has 0 fully saturated rings. The van der Waals surface area contributed by atoms with Gasteiger partial charge in [0.2, 0.25) is 0 Å². The van der Waals surface area contributed by atoms with E-state index in [2.05, 4.69) is 15.3 Å². The molecule has 0 aromatic carbocycles. The number of hydrogen-bond acceptors (Lipinski definition) is 7. The predicted octanol–water partition coefficient (Wildman–Crippen LogP) is 4.10. The number of thiophene rings is 1. The number of nitrogens with one attached hydrogen (secondary N) is 1. The highest BCUT2D eigenvalue weighted by molar-refractivity contribution is 7.18. The molecule has 138 valence electrons. The van der Waals surface area contributed by atoms with Crippen molar-refractivity contribution in [1.29, 1.82) is 0 Å². The van der Waals surface area contributed by atoms with Gasteiger partial charge in [0.1, 0.15) is 14.9 Å². The Morgan fingerprint density at radius 1 is 1.22 bits per heavy atom. The number of rotatable bonds is 4. The Morgan fingerprint density at radius 2 is 2.07 bits per heavy atom. The summed E-state index contributed by atoms with van der Waals surface area (Å²) < 4.78 is 4.93. The summed E-state index contributed by atoms with van der Waals surface area (Å²) in [5, 5.41) is 4.16. The highest BCUT2D eigenvalue weighted by atomic mass is 32.1. The summed E-state index contributed by atoms with van der Waals surface area (Å²) in [4.78, 5) is 35.5. The molecule has 0 spiro atoms. The molecule has 0 radical (unpaired) electrons. The molecule has 1 aliphatic carbocycles. The summed E-state index contributed by atoms with van der Waals surface area (Å²) in [7, 11) is 1.36. The van der Waals surface area contributed by atoms with Crippen molar-refractivity contribution < 1.29 is 14.3 Å². The minimum Gasteiger partial charge on any atom is -0.465 e. The Labute approximate surface area is 164 Å². The molecule has 3 heterocycles. The lowest BCUT2D eigenvalue weighted by Gasteiger charge is -2.06. The Kier molecular flexibility index (Phi) is 4.75. The highest BCUT2D eigenvalue weighted by Crippen LogP contribution is 2.40. The van der Waals surface area contributed by atoms with Crippen LogP contribution in [0.5, 0.6) is 0 Å². The topological polar surface area (TPSA) is 81.2 Å². The van der Waals surface area contributed by atoms with E-state index >= 15 is 0 Å². The summed E-state index contributed by atoms with van der Waals surface area (Å²) in [6, 6.07) is 5.58. The zero-order chi connectivity index (χ0) is 19.0. The molecule has 27 heavy (non-hydrogen) atoms. The molecule has 8 heteroatoms. The average Bonchev–Trinajstić information content (AvgIpc) is 3.36. The van der Waals surface area contributed by atoms with Gasteiger partial charge in [-0.15, -0.1) is 22.7 Å². The van der Waals surface area contributed by atoms with Crippen molar-refractivity contribution in [3.63, 3.8) is 0 Å².